The number of azo groups is 2. The van der Waals surface area contributed by atoms with Gasteiger partial charge in [-0.3, -0.25) is 0 Å². The van der Waals surface area contributed by atoms with E-state index in [-0.39, 0.29) is 12.8 Å². The molecule has 0 aromatic heterocycles. The van der Waals surface area contributed by atoms with Gasteiger partial charge in [-0.1, -0.05) is 13.8 Å². The van der Waals surface area contributed by atoms with Crippen LogP contribution in [-0.2, 0) is 19.1 Å². The Bertz CT molecular complexity index is 879. The van der Waals surface area contributed by atoms with Crippen molar-refractivity contribution in [2.45, 2.75) is 128 Å². The summed E-state index contributed by atoms with van der Waals surface area (Å²) < 4.78 is 10.7. The van der Waals surface area contributed by atoms with Gasteiger partial charge in [-0.25, -0.2) is 9.59 Å². The molecule has 216 valence electrons. The fraction of sp³-hybridized carbons (Fsp3) is 0.846. The van der Waals surface area contributed by atoms with Crippen molar-refractivity contribution in [3.8, 4) is 12.1 Å². The summed E-state index contributed by atoms with van der Waals surface area (Å²) >= 11 is 0. The van der Waals surface area contributed by atoms with Crippen LogP contribution < -0.4 is 0 Å². The second kappa shape index (κ2) is 14.3. The fourth-order valence-electron chi connectivity index (χ4n) is 2.97. The minimum Gasteiger partial charge on any atom is -0.479 e. The quantitative estimate of drug-likeness (QED) is 0.268. The predicted octanol–water partition coefficient (Wildman–Crippen LogP) is 5.58. The Morgan fingerprint density at radius 3 is 1.08 bits per heavy atom. The van der Waals surface area contributed by atoms with Gasteiger partial charge in [0, 0.05) is 27.1 Å². The van der Waals surface area contributed by atoms with Crippen LogP contribution in [0.2, 0.25) is 0 Å². The molecule has 2 N–H and O–H groups in total. The molecule has 0 fully saturated rings. The number of nitrogens with zero attached hydrogens (tertiary/aromatic N) is 6. The molecule has 0 rings (SSSR count). The lowest BCUT2D eigenvalue weighted by molar-refractivity contribution is -0.145. The number of hydrogen-bond acceptors (Lipinski definition) is 10. The second-order valence-corrected chi connectivity index (χ2v) is 11.3. The summed E-state index contributed by atoms with van der Waals surface area (Å²) in [6.07, 6.45) is 1.27. The summed E-state index contributed by atoms with van der Waals surface area (Å²) in [5, 5.41) is 52.4. The highest BCUT2D eigenvalue weighted by molar-refractivity contribution is 5.79. The SMILES string of the molecule is CCC(C)(N=NC(C)(CC)C(=O)O)C(=O)O.COC(C)(C)CC(C)(C#N)N=NC(C)(C#N)CC(C)(C)OC. The molecule has 0 aliphatic carbocycles. The molecule has 0 aliphatic rings. The molecular formula is C26H46N6O6. The number of methoxy groups -OCH3 is 2. The Hall–Kier alpha value is -2.96. The zero-order valence-electron chi connectivity index (χ0n) is 25.0. The summed E-state index contributed by atoms with van der Waals surface area (Å²) in [7, 11) is 3.19. The normalized spacial score (nSPS) is 18.6. The molecule has 12 nitrogen and oxygen atoms in total. The van der Waals surface area contributed by atoms with Gasteiger partial charge in [0.25, 0.3) is 0 Å². The molecule has 0 aromatic carbocycles. The summed E-state index contributed by atoms with van der Waals surface area (Å²) in [4.78, 5) is 21.9. The summed E-state index contributed by atoms with van der Waals surface area (Å²) in [6, 6.07) is 4.32. The lowest BCUT2D eigenvalue weighted by Gasteiger charge is -2.31. The topological polar surface area (TPSA) is 190 Å². The first-order valence-electron chi connectivity index (χ1n) is 12.4. The average molecular weight is 539 g/mol. The largest absolute Gasteiger partial charge is 0.479 e. The van der Waals surface area contributed by atoms with Crippen LogP contribution in [0.3, 0.4) is 0 Å². The molecule has 4 atom stereocenters. The van der Waals surface area contributed by atoms with Crippen LogP contribution >= 0.6 is 0 Å². The monoisotopic (exact) mass is 538 g/mol. The van der Waals surface area contributed by atoms with E-state index < -0.39 is 45.3 Å². The highest BCUT2D eigenvalue weighted by Gasteiger charge is 2.37. The molecule has 0 heterocycles. The van der Waals surface area contributed by atoms with E-state index in [1.807, 2.05) is 27.7 Å². The van der Waals surface area contributed by atoms with E-state index in [2.05, 4.69) is 32.6 Å². The smallest absolute Gasteiger partial charge is 0.333 e. The van der Waals surface area contributed by atoms with Crippen LogP contribution in [0.1, 0.15) is 94.9 Å². The van der Waals surface area contributed by atoms with Crippen LogP contribution in [0.25, 0.3) is 0 Å². The van der Waals surface area contributed by atoms with Gasteiger partial charge in [-0.15, -0.1) is 0 Å². The van der Waals surface area contributed by atoms with Gasteiger partial charge in [0.2, 0.25) is 0 Å². The lowest BCUT2D eigenvalue weighted by Crippen LogP contribution is -2.37. The predicted molar refractivity (Wildman–Crippen MR) is 142 cm³/mol. The van der Waals surface area contributed by atoms with Gasteiger partial charge in [0.1, 0.15) is 0 Å². The van der Waals surface area contributed by atoms with Crippen LogP contribution in [-0.4, -0.2) is 69.7 Å². The van der Waals surface area contributed by atoms with Crippen molar-refractivity contribution in [2.24, 2.45) is 20.5 Å². The molecule has 0 amide bonds. The first-order valence-corrected chi connectivity index (χ1v) is 12.4. The highest BCUT2D eigenvalue weighted by atomic mass is 16.5. The van der Waals surface area contributed by atoms with E-state index in [1.54, 1.807) is 41.9 Å². The number of nitriles is 2. The third kappa shape index (κ3) is 12.1. The number of rotatable bonds is 14. The third-order valence-electron chi connectivity index (χ3n) is 6.41. The number of hydrogen-bond donors (Lipinski definition) is 2. The van der Waals surface area contributed by atoms with Gasteiger partial charge in [0.15, 0.2) is 22.2 Å². The average Bonchev–Trinajstić information content (AvgIpc) is 2.85. The van der Waals surface area contributed by atoms with Gasteiger partial charge in [-0.2, -0.15) is 31.0 Å². The fourth-order valence-corrected chi connectivity index (χ4v) is 2.97. The van der Waals surface area contributed by atoms with E-state index in [4.69, 9.17) is 19.7 Å². The van der Waals surface area contributed by atoms with Gasteiger partial charge < -0.3 is 19.7 Å². The molecule has 0 radical (unpaired) electrons. The molecule has 38 heavy (non-hydrogen) atoms. The van der Waals surface area contributed by atoms with Crippen molar-refractivity contribution >= 4 is 11.9 Å². The van der Waals surface area contributed by atoms with Crippen molar-refractivity contribution in [1.29, 1.82) is 10.5 Å². The Kier molecular flexibility index (Phi) is 14.0. The Balaban J connectivity index is 0. The highest BCUT2D eigenvalue weighted by Crippen LogP contribution is 2.30. The number of ether oxygens (including phenoxy) is 2. The Morgan fingerprint density at radius 2 is 0.921 bits per heavy atom. The molecule has 0 aromatic rings. The molecule has 0 bridgehead atoms. The van der Waals surface area contributed by atoms with Crippen LogP contribution in [0, 0.1) is 22.7 Å². The van der Waals surface area contributed by atoms with E-state index in [9.17, 15) is 20.1 Å². The van der Waals surface area contributed by atoms with Gasteiger partial charge in [0.05, 0.1) is 23.3 Å². The Labute approximate surface area is 227 Å². The maximum Gasteiger partial charge on any atom is 0.333 e. The third-order valence-corrected chi connectivity index (χ3v) is 6.41. The lowest BCUT2D eigenvalue weighted by atomic mass is 9.88. The molecule has 0 spiro atoms. The Morgan fingerprint density at radius 1 is 0.658 bits per heavy atom. The van der Waals surface area contributed by atoms with E-state index in [1.165, 1.54) is 13.8 Å². The first kappa shape index (κ1) is 37.2. The van der Waals surface area contributed by atoms with Crippen molar-refractivity contribution in [3.05, 3.63) is 0 Å². The summed E-state index contributed by atoms with van der Waals surface area (Å²) in [6.45, 7) is 17.1. The zero-order chi connectivity index (χ0) is 30.6. The van der Waals surface area contributed by atoms with Crippen molar-refractivity contribution in [1.82, 2.24) is 0 Å². The van der Waals surface area contributed by atoms with Crippen molar-refractivity contribution in [3.63, 3.8) is 0 Å². The van der Waals surface area contributed by atoms with Crippen LogP contribution in [0.15, 0.2) is 20.5 Å². The minimum absolute atomic E-state index is 0.255. The number of carbonyl (C=O) groups is 2. The molecule has 4 unspecified atom stereocenters. The standard InChI is InChI=1S/C16H28N4O2.C10H18N2O4/c1-13(2,21-7)9-15(5,11-17)19-20-16(6,12-18)10-14(3,4)22-8;1-5-9(3,7(13)14)11-12-10(4,6-2)8(15)16/h9-10H2,1-8H3;5-6H2,1-4H3,(H,13,14)(H,15,16). The van der Waals surface area contributed by atoms with Crippen molar-refractivity contribution < 1.29 is 29.3 Å². The first-order chi connectivity index (χ1) is 17.1. The summed E-state index contributed by atoms with van der Waals surface area (Å²) in [5.41, 5.74) is -5.81. The minimum atomic E-state index is -1.36. The molecule has 0 saturated heterocycles. The van der Waals surface area contributed by atoms with E-state index in [0.717, 1.165) is 0 Å². The number of carboxylic acid groups (broad SMARTS) is 2. The summed E-state index contributed by atoms with van der Waals surface area (Å²) in [5.74, 6) is -2.22. The second-order valence-electron chi connectivity index (χ2n) is 11.3. The maximum atomic E-state index is 10.9. The number of aliphatic carboxylic acids is 2. The number of carboxylic acids is 2. The zero-order valence-corrected chi connectivity index (χ0v) is 25.0. The molecular weight excluding hydrogens is 492 g/mol. The van der Waals surface area contributed by atoms with E-state index in [0.29, 0.717) is 12.8 Å². The van der Waals surface area contributed by atoms with Gasteiger partial charge >= 0.3 is 11.9 Å². The molecule has 12 heteroatoms. The van der Waals surface area contributed by atoms with Crippen molar-refractivity contribution in [2.75, 3.05) is 14.2 Å². The molecule has 0 aliphatic heterocycles. The van der Waals surface area contributed by atoms with Crippen LogP contribution in [0.5, 0.6) is 0 Å². The van der Waals surface area contributed by atoms with E-state index >= 15 is 0 Å². The van der Waals surface area contributed by atoms with Crippen LogP contribution in [0.4, 0.5) is 0 Å². The molecule has 0 saturated carbocycles. The van der Waals surface area contributed by atoms with Gasteiger partial charge in [-0.05, 0) is 68.2 Å². The maximum absolute atomic E-state index is 10.9.